The molecule has 0 unspecified atom stereocenters. The van der Waals surface area contributed by atoms with Gasteiger partial charge < -0.3 is 4.74 Å². The fourth-order valence-electron chi connectivity index (χ4n) is 2.03. The summed E-state index contributed by atoms with van der Waals surface area (Å²) >= 11 is 0. The van der Waals surface area contributed by atoms with Gasteiger partial charge >= 0.3 is 0 Å². The molecule has 0 atom stereocenters. The van der Waals surface area contributed by atoms with Crippen molar-refractivity contribution < 1.29 is 4.74 Å². The Morgan fingerprint density at radius 1 is 1.20 bits per heavy atom. The number of nitrogens with zero attached hydrogens (tertiary/aromatic N) is 3. The number of benzene rings is 1. The summed E-state index contributed by atoms with van der Waals surface area (Å²) in [4.78, 5) is 4.38. The third-order valence-corrected chi connectivity index (χ3v) is 3.14. The Hall–Kier alpha value is -2.36. The van der Waals surface area contributed by atoms with Crippen molar-refractivity contribution in [3.05, 3.63) is 54.5 Å². The zero-order chi connectivity index (χ0) is 13.9. The summed E-state index contributed by atoms with van der Waals surface area (Å²) in [5.74, 6) is 0.766. The van der Waals surface area contributed by atoms with E-state index in [9.17, 15) is 0 Å². The fraction of sp³-hybridized carbons (Fsp3) is 0.250. The molecule has 20 heavy (non-hydrogen) atoms. The second kappa shape index (κ2) is 5.33. The maximum Gasteiger partial charge on any atom is 0.138 e. The van der Waals surface area contributed by atoms with Crippen LogP contribution < -0.4 is 4.74 Å². The zero-order valence-corrected chi connectivity index (χ0v) is 11.7. The number of para-hydroxylation sites is 1. The molecule has 0 fully saturated rings. The number of fused-ring (bicyclic) bond motifs is 1. The number of hydrogen-bond donors (Lipinski definition) is 0. The molecule has 0 aliphatic heterocycles. The lowest BCUT2D eigenvalue weighted by molar-refractivity contribution is 0.298. The number of ether oxygens (including phenoxy) is 1. The van der Waals surface area contributed by atoms with Gasteiger partial charge in [0.05, 0.1) is 17.4 Å². The fourth-order valence-corrected chi connectivity index (χ4v) is 2.03. The van der Waals surface area contributed by atoms with Gasteiger partial charge in [-0.1, -0.05) is 18.2 Å². The quantitative estimate of drug-likeness (QED) is 0.725. The first kappa shape index (κ1) is 12.7. The summed E-state index contributed by atoms with van der Waals surface area (Å²) in [5.41, 5.74) is 1.90. The molecule has 0 bridgehead atoms. The maximum atomic E-state index is 5.75. The Balaban J connectivity index is 1.72. The molecule has 4 nitrogen and oxygen atoms in total. The largest absolute Gasteiger partial charge is 0.486 e. The highest BCUT2D eigenvalue weighted by molar-refractivity contribution is 5.79. The third-order valence-electron chi connectivity index (χ3n) is 3.14. The van der Waals surface area contributed by atoms with Crippen LogP contribution in [-0.2, 0) is 6.61 Å². The SMILES string of the molecule is CC(C)n1ccc(COc2cnc3ccccc3c2)n1. The summed E-state index contributed by atoms with van der Waals surface area (Å²) in [6.45, 7) is 4.66. The van der Waals surface area contributed by atoms with E-state index in [0.717, 1.165) is 22.3 Å². The molecule has 2 aromatic heterocycles. The molecule has 1 aromatic carbocycles. The van der Waals surface area contributed by atoms with Crippen LogP contribution in [0.25, 0.3) is 10.9 Å². The predicted molar refractivity (Wildman–Crippen MR) is 78.7 cm³/mol. The minimum atomic E-state index is 0.367. The number of rotatable bonds is 4. The topological polar surface area (TPSA) is 39.9 Å². The van der Waals surface area contributed by atoms with Gasteiger partial charge in [0.25, 0.3) is 0 Å². The molecule has 0 saturated heterocycles. The molecule has 0 radical (unpaired) electrons. The van der Waals surface area contributed by atoms with E-state index in [1.807, 2.05) is 47.3 Å². The van der Waals surface area contributed by atoms with Gasteiger partial charge in [-0.25, -0.2) is 0 Å². The van der Waals surface area contributed by atoms with Gasteiger partial charge in [0, 0.05) is 17.6 Å². The average molecular weight is 267 g/mol. The summed E-state index contributed by atoms with van der Waals surface area (Å²) in [7, 11) is 0. The van der Waals surface area contributed by atoms with Gasteiger partial charge in [0.15, 0.2) is 0 Å². The van der Waals surface area contributed by atoms with Crippen LogP contribution in [0, 0.1) is 0 Å². The number of aromatic nitrogens is 3. The van der Waals surface area contributed by atoms with E-state index in [0.29, 0.717) is 12.6 Å². The standard InChI is InChI=1S/C16H17N3O/c1-12(2)19-8-7-14(18-19)11-20-15-9-13-5-3-4-6-16(13)17-10-15/h3-10,12H,11H2,1-2H3. The van der Waals surface area contributed by atoms with Crippen LogP contribution in [-0.4, -0.2) is 14.8 Å². The van der Waals surface area contributed by atoms with Crippen molar-refractivity contribution in [2.75, 3.05) is 0 Å². The lowest BCUT2D eigenvalue weighted by Gasteiger charge is -2.06. The molecule has 4 heteroatoms. The van der Waals surface area contributed by atoms with Gasteiger partial charge in [-0.05, 0) is 32.0 Å². The van der Waals surface area contributed by atoms with Crippen LogP contribution in [0.3, 0.4) is 0 Å². The first-order chi connectivity index (χ1) is 9.72. The molecule has 3 aromatic rings. The Labute approximate surface area is 118 Å². The lowest BCUT2D eigenvalue weighted by atomic mass is 10.2. The van der Waals surface area contributed by atoms with Crippen LogP contribution in [0.5, 0.6) is 5.75 Å². The van der Waals surface area contributed by atoms with Crippen LogP contribution in [0.4, 0.5) is 0 Å². The van der Waals surface area contributed by atoms with Crippen molar-refractivity contribution in [1.82, 2.24) is 14.8 Å². The van der Waals surface area contributed by atoms with Gasteiger partial charge in [-0.3, -0.25) is 9.67 Å². The van der Waals surface area contributed by atoms with Crippen molar-refractivity contribution in [3.63, 3.8) is 0 Å². The molecule has 102 valence electrons. The number of hydrogen-bond acceptors (Lipinski definition) is 3. The van der Waals surface area contributed by atoms with Crippen LogP contribution in [0.2, 0.25) is 0 Å². The highest BCUT2D eigenvalue weighted by Gasteiger charge is 2.04. The summed E-state index contributed by atoms with van der Waals surface area (Å²) in [6, 6.07) is 12.3. The molecular formula is C16H17N3O. The number of pyridine rings is 1. The zero-order valence-electron chi connectivity index (χ0n) is 11.7. The minimum absolute atomic E-state index is 0.367. The monoisotopic (exact) mass is 267 g/mol. The van der Waals surface area contributed by atoms with Crippen LogP contribution in [0.1, 0.15) is 25.6 Å². The first-order valence-corrected chi connectivity index (χ1v) is 6.74. The first-order valence-electron chi connectivity index (χ1n) is 6.74. The highest BCUT2D eigenvalue weighted by atomic mass is 16.5. The predicted octanol–water partition coefficient (Wildman–Crippen LogP) is 3.59. The van der Waals surface area contributed by atoms with Crippen molar-refractivity contribution in [2.45, 2.75) is 26.5 Å². The Morgan fingerprint density at radius 2 is 2.05 bits per heavy atom. The van der Waals surface area contributed by atoms with Crippen molar-refractivity contribution in [3.8, 4) is 5.75 Å². The van der Waals surface area contributed by atoms with Gasteiger partial charge in [0.2, 0.25) is 0 Å². The summed E-state index contributed by atoms with van der Waals surface area (Å²) < 4.78 is 7.68. The van der Waals surface area contributed by atoms with E-state index in [2.05, 4.69) is 23.9 Å². The van der Waals surface area contributed by atoms with E-state index >= 15 is 0 Å². The molecule has 0 amide bonds. The third kappa shape index (κ3) is 2.64. The Bertz CT molecular complexity index is 718. The molecular weight excluding hydrogens is 250 g/mol. The molecule has 0 spiro atoms. The summed E-state index contributed by atoms with van der Waals surface area (Å²) in [6.07, 6.45) is 3.73. The maximum absolute atomic E-state index is 5.75. The highest BCUT2D eigenvalue weighted by Crippen LogP contribution is 2.18. The van der Waals surface area contributed by atoms with E-state index in [-0.39, 0.29) is 0 Å². The van der Waals surface area contributed by atoms with E-state index in [1.54, 1.807) is 6.20 Å². The van der Waals surface area contributed by atoms with E-state index in [1.165, 1.54) is 0 Å². The van der Waals surface area contributed by atoms with Crippen LogP contribution in [0.15, 0.2) is 48.8 Å². The molecule has 0 aliphatic carbocycles. The molecule has 0 aliphatic rings. The normalized spacial score (nSPS) is 11.2. The molecule has 3 rings (SSSR count). The average Bonchev–Trinajstić information content (AvgIpc) is 2.94. The minimum Gasteiger partial charge on any atom is -0.486 e. The van der Waals surface area contributed by atoms with Crippen molar-refractivity contribution >= 4 is 10.9 Å². The Kier molecular flexibility index (Phi) is 3.37. The Morgan fingerprint density at radius 3 is 2.85 bits per heavy atom. The second-order valence-electron chi connectivity index (χ2n) is 5.03. The lowest BCUT2D eigenvalue weighted by Crippen LogP contribution is -2.03. The molecule has 2 heterocycles. The van der Waals surface area contributed by atoms with E-state index in [4.69, 9.17) is 4.74 Å². The van der Waals surface area contributed by atoms with Crippen LogP contribution >= 0.6 is 0 Å². The molecule has 0 N–H and O–H groups in total. The molecule has 0 saturated carbocycles. The van der Waals surface area contributed by atoms with E-state index < -0.39 is 0 Å². The van der Waals surface area contributed by atoms with Gasteiger partial charge in [-0.2, -0.15) is 5.10 Å². The van der Waals surface area contributed by atoms with Crippen molar-refractivity contribution in [1.29, 1.82) is 0 Å². The van der Waals surface area contributed by atoms with Crippen molar-refractivity contribution in [2.24, 2.45) is 0 Å². The smallest absolute Gasteiger partial charge is 0.138 e. The van der Waals surface area contributed by atoms with Gasteiger partial charge in [-0.15, -0.1) is 0 Å². The summed E-state index contributed by atoms with van der Waals surface area (Å²) in [5, 5.41) is 5.54. The second-order valence-corrected chi connectivity index (χ2v) is 5.03. The van der Waals surface area contributed by atoms with Gasteiger partial charge in [0.1, 0.15) is 12.4 Å².